The Morgan fingerprint density at radius 1 is 1.59 bits per heavy atom. The minimum atomic E-state index is -0.416. The van der Waals surface area contributed by atoms with E-state index in [1.54, 1.807) is 19.1 Å². The SMILES string of the molecule is C#CCN1C2C=C(C(=O)OCC)C1C=CC2=O. The third-order valence-electron chi connectivity index (χ3n) is 2.89. The fraction of sp³-hybridized carbons (Fsp3) is 0.385. The van der Waals surface area contributed by atoms with Gasteiger partial charge in [-0.3, -0.25) is 9.69 Å². The van der Waals surface area contributed by atoms with Crippen molar-refractivity contribution in [3.05, 3.63) is 23.8 Å². The molecule has 2 atom stereocenters. The van der Waals surface area contributed by atoms with E-state index >= 15 is 0 Å². The van der Waals surface area contributed by atoms with Crippen molar-refractivity contribution < 1.29 is 14.3 Å². The first-order chi connectivity index (χ1) is 8.19. The number of nitrogens with zero attached hydrogens (tertiary/aromatic N) is 1. The van der Waals surface area contributed by atoms with Crippen molar-refractivity contribution in [3.8, 4) is 12.3 Å². The lowest BCUT2D eigenvalue weighted by molar-refractivity contribution is -0.139. The van der Waals surface area contributed by atoms with Gasteiger partial charge in [0.15, 0.2) is 5.78 Å². The van der Waals surface area contributed by atoms with E-state index in [4.69, 9.17) is 11.2 Å². The summed E-state index contributed by atoms with van der Waals surface area (Å²) >= 11 is 0. The zero-order chi connectivity index (χ0) is 12.4. The molecule has 0 saturated heterocycles. The van der Waals surface area contributed by atoms with Gasteiger partial charge < -0.3 is 4.74 Å². The molecule has 0 N–H and O–H groups in total. The van der Waals surface area contributed by atoms with Crippen molar-refractivity contribution in [2.24, 2.45) is 0 Å². The van der Waals surface area contributed by atoms with Crippen molar-refractivity contribution in [1.82, 2.24) is 4.90 Å². The first-order valence-electron chi connectivity index (χ1n) is 5.49. The van der Waals surface area contributed by atoms with Crippen LogP contribution in [0.3, 0.4) is 0 Å². The average molecular weight is 231 g/mol. The summed E-state index contributed by atoms with van der Waals surface area (Å²) in [6.07, 6.45) is 10.1. The maximum absolute atomic E-state index is 11.7. The van der Waals surface area contributed by atoms with Crippen molar-refractivity contribution >= 4 is 11.8 Å². The summed E-state index contributed by atoms with van der Waals surface area (Å²) in [5.74, 6) is 2.09. The molecule has 4 heteroatoms. The van der Waals surface area contributed by atoms with E-state index < -0.39 is 6.04 Å². The minimum Gasteiger partial charge on any atom is -0.463 e. The van der Waals surface area contributed by atoms with Gasteiger partial charge in [-0.05, 0) is 19.1 Å². The Morgan fingerprint density at radius 2 is 2.35 bits per heavy atom. The molecule has 0 radical (unpaired) electrons. The molecule has 0 fully saturated rings. The summed E-state index contributed by atoms with van der Waals surface area (Å²) in [5, 5.41) is 0. The molecule has 2 aliphatic heterocycles. The molecule has 88 valence electrons. The van der Waals surface area contributed by atoms with Crippen LogP contribution in [0.2, 0.25) is 0 Å². The molecule has 0 aromatic rings. The van der Waals surface area contributed by atoms with Crippen LogP contribution in [-0.4, -0.2) is 41.9 Å². The lowest BCUT2D eigenvalue weighted by Crippen LogP contribution is -2.44. The summed E-state index contributed by atoms with van der Waals surface area (Å²) in [7, 11) is 0. The Bertz CT molecular complexity index is 456. The fourth-order valence-corrected chi connectivity index (χ4v) is 2.17. The van der Waals surface area contributed by atoms with Gasteiger partial charge in [-0.2, -0.15) is 0 Å². The maximum Gasteiger partial charge on any atom is 0.335 e. The second-order valence-electron chi connectivity index (χ2n) is 3.87. The average Bonchev–Trinajstić information content (AvgIpc) is 2.56. The molecular weight excluding hydrogens is 218 g/mol. The molecular formula is C13H13NO3. The van der Waals surface area contributed by atoms with Crippen LogP contribution in [0.15, 0.2) is 23.8 Å². The first-order valence-corrected chi connectivity index (χ1v) is 5.49. The highest BCUT2D eigenvalue weighted by Gasteiger charge is 2.41. The monoisotopic (exact) mass is 231 g/mol. The summed E-state index contributed by atoms with van der Waals surface area (Å²) in [6, 6.07) is -0.645. The highest BCUT2D eigenvalue weighted by Crippen LogP contribution is 2.29. The van der Waals surface area contributed by atoms with E-state index in [1.165, 1.54) is 6.08 Å². The van der Waals surface area contributed by atoms with Crippen LogP contribution < -0.4 is 0 Å². The molecule has 4 nitrogen and oxygen atoms in total. The summed E-state index contributed by atoms with van der Waals surface area (Å²) in [5.41, 5.74) is 0.509. The number of ether oxygens (including phenoxy) is 1. The Hall–Kier alpha value is -1.86. The van der Waals surface area contributed by atoms with Crippen molar-refractivity contribution in [1.29, 1.82) is 0 Å². The molecule has 0 aliphatic carbocycles. The second kappa shape index (κ2) is 4.56. The minimum absolute atomic E-state index is 0.0456. The van der Waals surface area contributed by atoms with Crippen LogP contribution in [0.1, 0.15) is 6.92 Å². The molecule has 2 bridgehead atoms. The van der Waals surface area contributed by atoms with Gasteiger partial charge in [0.05, 0.1) is 30.8 Å². The molecule has 0 aromatic heterocycles. The van der Waals surface area contributed by atoms with Crippen molar-refractivity contribution in [2.45, 2.75) is 19.0 Å². The summed E-state index contributed by atoms with van der Waals surface area (Å²) < 4.78 is 4.96. The lowest BCUT2D eigenvalue weighted by Gasteiger charge is -2.29. The van der Waals surface area contributed by atoms with Gasteiger partial charge in [0, 0.05) is 0 Å². The van der Waals surface area contributed by atoms with E-state index in [0.717, 1.165) is 0 Å². The molecule has 0 amide bonds. The maximum atomic E-state index is 11.7. The molecule has 2 unspecified atom stereocenters. The third kappa shape index (κ3) is 1.90. The van der Waals surface area contributed by atoms with Gasteiger partial charge in [-0.15, -0.1) is 6.42 Å². The Labute approximate surface area is 99.9 Å². The van der Waals surface area contributed by atoms with Crippen LogP contribution in [0.5, 0.6) is 0 Å². The van der Waals surface area contributed by atoms with Crippen LogP contribution in [0.4, 0.5) is 0 Å². The van der Waals surface area contributed by atoms with Gasteiger partial charge in [-0.1, -0.05) is 12.0 Å². The summed E-state index contributed by atoms with van der Waals surface area (Å²) in [6.45, 7) is 2.41. The number of hydrogen-bond acceptors (Lipinski definition) is 4. The van der Waals surface area contributed by atoms with Gasteiger partial charge in [0.2, 0.25) is 0 Å². The van der Waals surface area contributed by atoms with Gasteiger partial charge in [0.1, 0.15) is 0 Å². The smallest absolute Gasteiger partial charge is 0.335 e. The predicted molar refractivity (Wildman–Crippen MR) is 62.0 cm³/mol. The quantitative estimate of drug-likeness (QED) is 0.518. The Balaban J connectivity index is 2.28. The van der Waals surface area contributed by atoms with Crippen molar-refractivity contribution in [3.63, 3.8) is 0 Å². The normalized spacial score (nSPS) is 26.6. The van der Waals surface area contributed by atoms with Gasteiger partial charge >= 0.3 is 5.97 Å². The number of ketones is 1. The Morgan fingerprint density at radius 3 is 3.00 bits per heavy atom. The molecule has 0 saturated carbocycles. The topological polar surface area (TPSA) is 46.6 Å². The number of fused-ring (bicyclic) bond motifs is 2. The number of terminal acetylenes is 1. The third-order valence-corrected chi connectivity index (χ3v) is 2.89. The van der Waals surface area contributed by atoms with Gasteiger partial charge in [0.25, 0.3) is 0 Å². The zero-order valence-electron chi connectivity index (χ0n) is 9.55. The van der Waals surface area contributed by atoms with Crippen LogP contribution >= 0.6 is 0 Å². The fourth-order valence-electron chi connectivity index (χ4n) is 2.17. The largest absolute Gasteiger partial charge is 0.463 e. The standard InChI is InChI=1S/C13H13NO3/c1-3-7-14-10-5-6-12(15)11(14)8-9(10)13(16)17-4-2/h1,5-6,8,10-11H,4,7H2,2H3. The number of esters is 1. The van der Waals surface area contributed by atoms with Crippen LogP contribution in [0, 0.1) is 12.3 Å². The number of hydrogen-bond donors (Lipinski definition) is 0. The second-order valence-corrected chi connectivity index (χ2v) is 3.87. The molecule has 0 spiro atoms. The van der Waals surface area contributed by atoms with Crippen molar-refractivity contribution in [2.75, 3.05) is 13.2 Å². The predicted octanol–water partition coefficient (Wildman–Crippen LogP) is 0.301. The van der Waals surface area contributed by atoms with E-state index in [2.05, 4.69) is 5.92 Å². The van der Waals surface area contributed by atoms with Crippen LogP contribution in [0.25, 0.3) is 0 Å². The molecule has 2 heterocycles. The molecule has 2 aliphatic rings. The lowest BCUT2D eigenvalue weighted by atomic mass is 10.1. The number of carbonyl (C=O) groups is 2. The molecule has 0 aromatic carbocycles. The summed E-state index contributed by atoms with van der Waals surface area (Å²) in [4.78, 5) is 25.2. The van der Waals surface area contributed by atoms with E-state index in [1.807, 2.05) is 4.90 Å². The molecule has 17 heavy (non-hydrogen) atoms. The highest BCUT2D eigenvalue weighted by atomic mass is 16.5. The number of carbonyl (C=O) groups excluding carboxylic acids is 2. The van der Waals surface area contributed by atoms with E-state index in [9.17, 15) is 9.59 Å². The highest BCUT2D eigenvalue weighted by molar-refractivity contribution is 6.02. The van der Waals surface area contributed by atoms with E-state index in [0.29, 0.717) is 18.7 Å². The van der Waals surface area contributed by atoms with Gasteiger partial charge in [-0.25, -0.2) is 4.79 Å². The van der Waals surface area contributed by atoms with Crippen LogP contribution in [-0.2, 0) is 14.3 Å². The zero-order valence-corrected chi connectivity index (χ0v) is 9.55. The Kier molecular flexibility index (Phi) is 3.12. The number of rotatable bonds is 3. The molecule has 2 rings (SSSR count). The van der Waals surface area contributed by atoms with E-state index in [-0.39, 0.29) is 17.8 Å². The first kappa shape index (κ1) is 11.6.